The predicted molar refractivity (Wildman–Crippen MR) is 85.1 cm³/mol. The molecule has 3 rings (SSSR count). The van der Waals surface area contributed by atoms with Crippen LogP contribution in [0.5, 0.6) is 0 Å². The maximum Gasteiger partial charge on any atom is 0.213 e. The number of aromatic amines is 1. The first kappa shape index (κ1) is 13.9. The maximum absolute atomic E-state index is 12.2. The van der Waals surface area contributed by atoms with Gasteiger partial charge in [0.25, 0.3) is 0 Å². The molecule has 0 radical (unpaired) electrons. The molecule has 3 aromatic rings. The summed E-state index contributed by atoms with van der Waals surface area (Å²) in [7, 11) is 0. The van der Waals surface area contributed by atoms with Gasteiger partial charge < -0.3 is 10.7 Å². The van der Waals surface area contributed by atoms with Crippen molar-refractivity contribution >= 4 is 27.9 Å². The Labute approximate surface area is 126 Å². The number of carbonyl (C=O) groups excluding carboxylic acids is 1. The fourth-order valence-electron chi connectivity index (χ4n) is 2.10. The number of para-hydroxylation sites is 2. The normalized spacial score (nSPS) is 12.4. The zero-order valence-corrected chi connectivity index (χ0v) is 12.1. The highest BCUT2D eigenvalue weighted by molar-refractivity contribution is 8.13. The first-order chi connectivity index (χ1) is 10.2. The second-order valence-electron chi connectivity index (χ2n) is 4.78. The Morgan fingerprint density at radius 1 is 1.14 bits per heavy atom. The van der Waals surface area contributed by atoms with Gasteiger partial charge in [0.05, 0.1) is 17.1 Å². The van der Waals surface area contributed by atoms with Crippen molar-refractivity contribution in [3.8, 4) is 0 Å². The highest BCUT2D eigenvalue weighted by Crippen LogP contribution is 2.21. The van der Waals surface area contributed by atoms with Crippen LogP contribution in [0.25, 0.3) is 11.0 Å². The van der Waals surface area contributed by atoms with Gasteiger partial charge in [-0.2, -0.15) is 0 Å². The van der Waals surface area contributed by atoms with Gasteiger partial charge >= 0.3 is 0 Å². The number of nitrogens with one attached hydrogen (secondary N) is 1. The van der Waals surface area contributed by atoms with Gasteiger partial charge in [-0.05, 0) is 35.9 Å². The zero-order valence-electron chi connectivity index (χ0n) is 11.3. The Morgan fingerprint density at radius 3 is 2.62 bits per heavy atom. The van der Waals surface area contributed by atoms with Crippen LogP contribution in [0.1, 0.15) is 5.56 Å². The molecule has 2 aromatic carbocycles. The van der Waals surface area contributed by atoms with E-state index in [4.69, 9.17) is 5.73 Å². The standard InChI is InChI=1S/C16H15N3OS/c17-12(10-11-6-2-1-3-7-11)15(20)21-16-18-13-8-4-5-9-14(13)19-16/h1-9,12H,10,17H2,(H,18,19)/t12-/m1/s1. The lowest BCUT2D eigenvalue weighted by molar-refractivity contribution is -0.112. The lowest BCUT2D eigenvalue weighted by Crippen LogP contribution is -2.30. The largest absolute Gasteiger partial charge is 0.333 e. The minimum atomic E-state index is -0.536. The molecule has 5 heteroatoms. The minimum absolute atomic E-state index is 0.0853. The van der Waals surface area contributed by atoms with Crippen molar-refractivity contribution < 1.29 is 4.79 Å². The molecule has 106 valence electrons. The van der Waals surface area contributed by atoms with E-state index in [2.05, 4.69) is 9.97 Å². The molecular formula is C16H15N3OS. The van der Waals surface area contributed by atoms with Gasteiger partial charge in [-0.3, -0.25) is 4.79 Å². The number of benzene rings is 2. The van der Waals surface area contributed by atoms with Crippen molar-refractivity contribution in [1.29, 1.82) is 0 Å². The summed E-state index contributed by atoms with van der Waals surface area (Å²) in [6.07, 6.45) is 0.535. The van der Waals surface area contributed by atoms with Crippen LogP contribution in [0, 0.1) is 0 Å². The molecule has 21 heavy (non-hydrogen) atoms. The number of nitrogens with zero attached hydrogens (tertiary/aromatic N) is 1. The molecule has 0 spiro atoms. The lowest BCUT2D eigenvalue weighted by atomic mass is 10.1. The van der Waals surface area contributed by atoms with Gasteiger partial charge in [0, 0.05) is 0 Å². The van der Waals surface area contributed by atoms with Gasteiger partial charge in [0.1, 0.15) is 0 Å². The van der Waals surface area contributed by atoms with E-state index in [1.807, 2.05) is 54.6 Å². The number of hydrogen-bond acceptors (Lipinski definition) is 4. The molecule has 1 heterocycles. The Hall–Kier alpha value is -2.11. The van der Waals surface area contributed by atoms with E-state index >= 15 is 0 Å². The van der Waals surface area contributed by atoms with E-state index in [0.717, 1.165) is 28.4 Å². The molecule has 1 atom stereocenters. The van der Waals surface area contributed by atoms with Crippen molar-refractivity contribution in [3.05, 3.63) is 60.2 Å². The molecule has 0 saturated heterocycles. The predicted octanol–water partition coefficient (Wildman–Crippen LogP) is 2.75. The van der Waals surface area contributed by atoms with E-state index < -0.39 is 6.04 Å². The fourth-order valence-corrected chi connectivity index (χ4v) is 2.83. The SMILES string of the molecule is N[C@H](Cc1ccccc1)C(=O)Sc1nc2ccccc2[nH]1. The third kappa shape index (κ3) is 3.32. The van der Waals surface area contributed by atoms with Crippen LogP contribution < -0.4 is 5.73 Å². The minimum Gasteiger partial charge on any atom is -0.333 e. The summed E-state index contributed by atoms with van der Waals surface area (Å²) >= 11 is 1.07. The molecule has 0 amide bonds. The van der Waals surface area contributed by atoms with E-state index in [9.17, 15) is 4.79 Å². The van der Waals surface area contributed by atoms with Gasteiger partial charge in [0.2, 0.25) is 5.12 Å². The summed E-state index contributed by atoms with van der Waals surface area (Å²) in [6.45, 7) is 0. The zero-order chi connectivity index (χ0) is 14.7. The van der Waals surface area contributed by atoms with Crippen LogP contribution in [0.3, 0.4) is 0 Å². The number of carbonyl (C=O) groups is 1. The van der Waals surface area contributed by atoms with Gasteiger partial charge in [-0.25, -0.2) is 4.98 Å². The van der Waals surface area contributed by atoms with Crippen molar-refractivity contribution in [2.24, 2.45) is 5.73 Å². The fraction of sp³-hybridized carbons (Fsp3) is 0.125. The molecule has 3 N–H and O–H groups in total. The van der Waals surface area contributed by atoms with Gasteiger partial charge in [-0.1, -0.05) is 42.5 Å². The summed E-state index contributed by atoms with van der Waals surface area (Å²) < 4.78 is 0. The summed E-state index contributed by atoms with van der Waals surface area (Å²) in [4.78, 5) is 19.7. The highest BCUT2D eigenvalue weighted by atomic mass is 32.2. The first-order valence-corrected chi connectivity index (χ1v) is 7.50. The van der Waals surface area contributed by atoms with Crippen molar-refractivity contribution in [3.63, 3.8) is 0 Å². The quantitative estimate of drug-likeness (QED) is 0.726. The van der Waals surface area contributed by atoms with E-state index in [-0.39, 0.29) is 5.12 Å². The Morgan fingerprint density at radius 2 is 1.86 bits per heavy atom. The van der Waals surface area contributed by atoms with Crippen LogP contribution in [0.15, 0.2) is 59.8 Å². The summed E-state index contributed by atoms with van der Waals surface area (Å²) in [5.74, 6) is 0. The third-order valence-electron chi connectivity index (χ3n) is 3.17. The number of aromatic nitrogens is 2. The molecule has 0 saturated carbocycles. The number of H-pyrrole nitrogens is 1. The van der Waals surface area contributed by atoms with Crippen LogP contribution in [0.4, 0.5) is 0 Å². The third-order valence-corrected chi connectivity index (χ3v) is 4.06. The molecule has 0 aliphatic rings. The van der Waals surface area contributed by atoms with Crippen molar-refractivity contribution in [2.45, 2.75) is 17.6 Å². The Balaban J connectivity index is 1.68. The topological polar surface area (TPSA) is 71.8 Å². The average Bonchev–Trinajstić information content (AvgIpc) is 2.90. The first-order valence-electron chi connectivity index (χ1n) is 6.68. The smallest absolute Gasteiger partial charge is 0.213 e. The van der Waals surface area contributed by atoms with Gasteiger partial charge in [0.15, 0.2) is 5.16 Å². The summed E-state index contributed by atoms with van der Waals surface area (Å²) in [6, 6.07) is 16.9. The molecule has 0 bridgehead atoms. The highest BCUT2D eigenvalue weighted by Gasteiger charge is 2.17. The van der Waals surface area contributed by atoms with Crippen LogP contribution in [-0.2, 0) is 11.2 Å². The summed E-state index contributed by atoms with van der Waals surface area (Å²) in [5, 5.41) is 0.502. The molecule has 0 aliphatic heterocycles. The van der Waals surface area contributed by atoms with Gasteiger partial charge in [-0.15, -0.1) is 0 Å². The number of nitrogens with two attached hydrogens (primary N) is 1. The lowest BCUT2D eigenvalue weighted by Gasteiger charge is -2.08. The number of hydrogen-bond donors (Lipinski definition) is 2. The molecule has 0 unspecified atom stereocenters. The van der Waals surface area contributed by atoms with Crippen molar-refractivity contribution in [2.75, 3.05) is 0 Å². The molecule has 1 aromatic heterocycles. The monoisotopic (exact) mass is 297 g/mol. The number of imidazole rings is 1. The van der Waals surface area contributed by atoms with Crippen molar-refractivity contribution in [1.82, 2.24) is 9.97 Å². The number of fused-ring (bicyclic) bond motifs is 1. The molecular weight excluding hydrogens is 282 g/mol. The maximum atomic E-state index is 12.2. The van der Waals surface area contributed by atoms with Crippen LogP contribution in [0.2, 0.25) is 0 Å². The molecule has 0 aliphatic carbocycles. The van der Waals surface area contributed by atoms with Crippen LogP contribution in [-0.4, -0.2) is 21.1 Å². The summed E-state index contributed by atoms with van der Waals surface area (Å²) in [5.41, 5.74) is 8.81. The Bertz CT molecular complexity index is 721. The van der Waals surface area contributed by atoms with Crippen LogP contribution >= 0.6 is 11.8 Å². The number of thioether (sulfide) groups is 1. The second-order valence-corrected chi connectivity index (χ2v) is 5.77. The molecule has 4 nitrogen and oxygen atoms in total. The second kappa shape index (κ2) is 6.11. The number of rotatable bonds is 4. The van der Waals surface area contributed by atoms with E-state index in [0.29, 0.717) is 11.6 Å². The van der Waals surface area contributed by atoms with E-state index in [1.165, 1.54) is 0 Å². The molecule has 0 fully saturated rings. The Kier molecular flexibility index (Phi) is 4.03. The van der Waals surface area contributed by atoms with E-state index in [1.54, 1.807) is 0 Å². The average molecular weight is 297 g/mol.